The smallest absolute Gasteiger partial charge is 0.271 e. The minimum Gasteiger partial charge on any atom is -0.494 e. The summed E-state index contributed by atoms with van der Waals surface area (Å²) in [7, 11) is 0. The largest absolute Gasteiger partial charge is 0.494 e. The number of carbonyl (C=O) groups excluding carboxylic acids is 1. The third-order valence-corrected chi connectivity index (χ3v) is 4.24. The molecule has 3 aromatic carbocycles. The third kappa shape index (κ3) is 6.40. The van der Waals surface area contributed by atoms with E-state index in [1.54, 1.807) is 24.3 Å². The molecule has 8 nitrogen and oxygen atoms in total. The number of hydrazone groups is 1. The van der Waals surface area contributed by atoms with Gasteiger partial charge < -0.3 is 9.47 Å². The lowest BCUT2D eigenvalue weighted by Crippen LogP contribution is -2.17. The SMILES string of the molecule is CCOc1ccc(OCc2ccc(C(=O)N/N=C/c3ccc([N+](=O)[O-])cc3)cc2)cc1. The van der Waals surface area contributed by atoms with Crippen molar-refractivity contribution in [3.63, 3.8) is 0 Å². The lowest BCUT2D eigenvalue weighted by atomic mass is 10.1. The summed E-state index contributed by atoms with van der Waals surface area (Å²) in [5, 5.41) is 14.5. The monoisotopic (exact) mass is 419 g/mol. The van der Waals surface area contributed by atoms with E-state index < -0.39 is 4.92 Å². The molecule has 0 saturated carbocycles. The Morgan fingerprint density at radius 2 is 1.58 bits per heavy atom. The molecule has 158 valence electrons. The minimum absolute atomic E-state index is 0.00669. The lowest BCUT2D eigenvalue weighted by molar-refractivity contribution is -0.384. The number of amides is 1. The minimum atomic E-state index is -0.477. The predicted molar refractivity (Wildman–Crippen MR) is 117 cm³/mol. The Bertz CT molecular complexity index is 1050. The zero-order chi connectivity index (χ0) is 22.1. The fourth-order valence-electron chi connectivity index (χ4n) is 2.63. The van der Waals surface area contributed by atoms with Crippen LogP contribution in [-0.2, 0) is 6.61 Å². The molecular formula is C23H21N3O5. The Morgan fingerprint density at radius 1 is 0.968 bits per heavy atom. The van der Waals surface area contributed by atoms with Crippen molar-refractivity contribution in [2.45, 2.75) is 13.5 Å². The normalized spacial score (nSPS) is 10.6. The zero-order valence-corrected chi connectivity index (χ0v) is 16.9. The van der Waals surface area contributed by atoms with Gasteiger partial charge in [-0.05, 0) is 66.6 Å². The molecule has 0 aliphatic heterocycles. The molecule has 0 atom stereocenters. The van der Waals surface area contributed by atoms with Gasteiger partial charge in [0.15, 0.2) is 0 Å². The van der Waals surface area contributed by atoms with Crippen LogP contribution in [0.25, 0.3) is 0 Å². The van der Waals surface area contributed by atoms with E-state index in [4.69, 9.17) is 9.47 Å². The molecule has 0 unspecified atom stereocenters. The second kappa shape index (κ2) is 10.5. The van der Waals surface area contributed by atoms with Crippen LogP contribution < -0.4 is 14.9 Å². The highest BCUT2D eigenvalue weighted by Gasteiger charge is 2.05. The summed E-state index contributed by atoms with van der Waals surface area (Å²) >= 11 is 0. The number of ether oxygens (including phenoxy) is 2. The van der Waals surface area contributed by atoms with Gasteiger partial charge in [-0.25, -0.2) is 5.43 Å². The number of rotatable bonds is 9. The van der Waals surface area contributed by atoms with Gasteiger partial charge in [0, 0.05) is 17.7 Å². The first kappa shape index (κ1) is 21.5. The van der Waals surface area contributed by atoms with Gasteiger partial charge in [-0.2, -0.15) is 5.10 Å². The fourth-order valence-corrected chi connectivity index (χ4v) is 2.63. The molecule has 0 radical (unpaired) electrons. The number of nitro groups is 1. The van der Waals surface area contributed by atoms with Crippen LogP contribution in [0.4, 0.5) is 5.69 Å². The standard InChI is InChI=1S/C23H21N3O5/c1-2-30-21-11-13-22(14-12-21)31-16-18-3-7-19(8-4-18)23(27)25-24-15-17-5-9-20(10-6-17)26(28)29/h3-15H,2,16H2,1H3,(H,25,27)/b24-15+. The summed E-state index contributed by atoms with van der Waals surface area (Å²) in [4.78, 5) is 22.4. The number of carbonyl (C=O) groups is 1. The number of hydrogen-bond donors (Lipinski definition) is 1. The van der Waals surface area contributed by atoms with Crippen LogP contribution in [0.5, 0.6) is 11.5 Å². The van der Waals surface area contributed by atoms with Crippen molar-refractivity contribution >= 4 is 17.8 Å². The van der Waals surface area contributed by atoms with Gasteiger partial charge in [-0.1, -0.05) is 12.1 Å². The Balaban J connectivity index is 1.49. The van der Waals surface area contributed by atoms with Crippen LogP contribution in [0.15, 0.2) is 77.9 Å². The number of hydrogen-bond acceptors (Lipinski definition) is 6. The molecule has 0 heterocycles. The molecule has 0 fully saturated rings. The van der Waals surface area contributed by atoms with Crippen LogP contribution in [0.2, 0.25) is 0 Å². The Morgan fingerprint density at radius 3 is 2.16 bits per heavy atom. The second-order valence-electron chi connectivity index (χ2n) is 6.44. The topological polar surface area (TPSA) is 103 Å². The summed E-state index contributed by atoms with van der Waals surface area (Å²) in [5.41, 5.74) is 4.42. The fraction of sp³-hybridized carbons (Fsp3) is 0.130. The zero-order valence-electron chi connectivity index (χ0n) is 16.9. The van der Waals surface area contributed by atoms with Gasteiger partial charge in [0.25, 0.3) is 11.6 Å². The van der Waals surface area contributed by atoms with Crippen molar-refractivity contribution in [1.29, 1.82) is 0 Å². The summed E-state index contributed by atoms with van der Waals surface area (Å²) in [6.07, 6.45) is 1.42. The highest BCUT2D eigenvalue weighted by Crippen LogP contribution is 2.19. The molecule has 0 aromatic heterocycles. The van der Waals surface area contributed by atoms with Crippen LogP contribution in [0.3, 0.4) is 0 Å². The number of nitrogens with one attached hydrogen (secondary N) is 1. The van der Waals surface area contributed by atoms with Crippen LogP contribution >= 0.6 is 0 Å². The van der Waals surface area contributed by atoms with E-state index in [1.807, 2.05) is 43.3 Å². The Kier molecular flexibility index (Phi) is 7.31. The maximum atomic E-state index is 12.2. The molecule has 0 bridgehead atoms. The van der Waals surface area contributed by atoms with E-state index in [0.29, 0.717) is 24.3 Å². The number of nitro benzene ring substituents is 1. The van der Waals surface area contributed by atoms with Gasteiger partial charge >= 0.3 is 0 Å². The van der Waals surface area contributed by atoms with Crippen molar-refractivity contribution in [3.05, 3.63) is 99.6 Å². The van der Waals surface area contributed by atoms with E-state index in [0.717, 1.165) is 17.1 Å². The molecule has 0 aliphatic carbocycles. The van der Waals surface area contributed by atoms with Crippen molar-refractivity contribution in [2.75, 3.05) is 6.61 Å². The molecule has 31 heavy (non-hydrogen) atoms. The van der Waals surface area contributed by atoms with E-state index >= 15 is 0 Å². The van der Waals surface area contributed by atoms with Crippen LogP contribution in [-0.4, -0.2) is 23.7 Å². The van der Waals surface area contributed by atoms with Gasteiger partial charge in [0.05, 0.1) is 17.7 Å². The average Bonchev–Trinajstić information content (AvgIpc) is 2.79. The summed E-state index contributed by atoms with van der Waals surface area (Å²) in [6, 6.07) is 20.2. The number of nitrogens with zero attached hydrogens (tertiary/aromatic N) is 2. The first-order chi connectivity index (χ1) is 15.0. The molecular weight excluding hydrogens is 398 g/mol. The van der Waals surface area contributed by atoms with Gasteiger partial charge in [0.2, 0.25) is 0 Å². The van der Waals surface area contributed by atoms with Crippen molar-refractivity contribution in [3.8, 4) is 11.5 Å². The third-order valence-electron chi connectivity index (χ3n) is 4.24. The van der Waals surface area contributed by atoms with Crippen molar-refractivity contribution < 1.29 is 19.2 Å². The second-order valence-corrected chi connectivity index (χ2v) is 6.44. The predicted octanol–water partition coefficient (Wildman–Crippen LogP) is 4.34. The molecule has 1 N–H and O–H groups in total. The number of non-ortho nitro benzene ring substituents is 1. The quantitative estimate of drug-likeness (QED) is 0.316. The van der Waals surface area contributed by atoms with Gasteiger partial charge in [-0.15, -0.1) is 0 Å². The van der Waals surface area contributed by atoms with Gasteiger partial charge in [-0.3, -0.25) is 14.9 Å². The molecule has 8 heteroatoms. The van der Waals surface area contributed by atoms with Crippen molar-refractivity contribution in [2.24, 2.45) is 5.10 Å². The highest BCUT2D eigenvalue weighted by molar-refractivity contribution is 5.94. The number of benzene rings is 3. The van der Waals surface area contributed by atoms with E-state index in [2.05, 4.69) is 10.5 Å². The molecule has 0 spiro atoms. The highest BCUT2D eigenvalue weighted by atomic mass is 16.6. The lowest BCUT2D eigenvalue weighted by Gasteiger charge is -2.08. The van der Waals surface area contributed by atoms with Crippen molar-refractivity contribution in [1.82, 2.24) is 5.43 Å². The van der Waals surface area contributed by atoms with E-state index in [-0.39, 0.29) is 11.6 Å². The molecule has 3 aromatic rings. The maximum absolute atomic E-state index is 12.2. The molecule has 0 aliphatic rings. The Hall–Kier alpha value is -4.20. The Labute approximate surface area is 179 Å². The summed E-state index contributed by atoms with van der Waals surface area (Å²) in [5.74, 6) is 1.16. The summed E-state index contributed by atoms with van der Waals surface area (Å²) in [6.45, 7) is 2.91. The molecule has 3 rings (SSSR count). The van der Waals surface area contributed by atoms with Gasteiger partial charge in [0.1, 0.15) is 18.1 Å². The van der Waals surface area contributed by atoms with E-state index in [1.165, 1.54) is 18.3 Å². The van der Waals surface area contributed by atoms with Crippen LogP contribution in [0, 0.1) is 10.1 Å². The van der Waals surface area contributed by atoms with E-state index in [9.17, 15) is 14.9 Å². The molecule has 1 amide bonds. The van der Waals surface area contributed by atoms with Crippen LogP contribution in [0.1, 0.15) is 28.4 Å². The molecule has 0 saturated heterocycles. The summed E-state index contributed by atoms with van der Waals surface area (Å²) < 4.78 is 11.1. The average molecular weight is 419 g/mol. The first-order valence-corrected chi connectivity index (χ1v) is 9.57. The first-order valence-electron chi connectivity index (χ1n) is 9.57. The maximum Gasteiger partial charge on any atom is 0.271 e.